The number of non-ortho nitro benzene ring substituents is 1. The zero-order valence-corrected chi connectivity index (χ0v) is 16.5. The number of thiazole rings is 1. The molecule has 0 N–H and O–H groups in total. The SMILES string of the molecule is CCOC(=O)Cn1c(=NC(=O)c2ccc([N+](=O)[O-])cc2)sc2cc3c(cc21)OCO3. The molecule has 0 radical (unpaired) electrons. The number of carbonyl (C=O) groups excluding carboxylic acids is 2. The predicted octanol–water partition coefficient (Wildman–Crippen LogP) is 2.64. The maximum absolute atomic E-state index is 12.6. The number of benzene rings is 2. The molecule has 0 fully saturated rings. The van der Waals surface area contributed by atoms with E-state index in [1.165, 1.54) is 35.6 Å². The van der Waals surface area contributed by atoms with Crippen molar-refractivity contribution in [2.45, 2.75) is 13.5 Å². The van der Waals surface area contributed by atoms with Crippen LogP contribution < -0.4 is 14.3 Å². The van der Waals surface area contributed by atoms with Crippen LogP contribution in [-0.4, -0.2) is 34.8 Å². The maximum atomic E-state index is 12.6. The van der Waals surface area contributed by atoms with E-state index in [0.717, 1.165) is 4.70 Å². The van der Waals surface area contributed by atoms with Crippen LogP contribution in [0.5, 0.6) is 11.5 Å². The monoisotopic (exact) mass is 429 g/mol. The van der Waals surface area contributed by atoms with Gasteiger partial charge in [-0.05, 0) is 19.1 Å². The Bertz CT molecular complexity index is 1230. The molecule has 0 atom stereocenters. The molecule has 0 unspecified atom stereocenters. The van der Waals surface area contributed by atoms with E-state index in [0.29, 0.717) is 17.0 Å². The molecular weight excluding hydrogens is 414 g/mol. The van der Waals surface area contributed by atoms with Gasteiger partial charge in [0.2, 0.25) is 6.79 Å². The number of amides is 1. The molecule has 1 aliphatic heterocycles. The van der Waals surface area contributed by atoms with E-state index < -0.39 is 16.8 Å². The molecule has 0 aliphatic carbocycles. The van der Waals surface area contributed by atoms with Gasteiger partial charge in [0.25, 0.3) is 11.6 Å². The second-order valence-corrected chi connectivity index (χ2v) is 7.18. The molecule has 0 saturated heterocycles. The fourth-order valence-electron chi connectivity index (χ4n) is 2.91. The van der Waals surface area contributed by atoms with E-state index in [1.54, 1.807) is 23.6 Å². The molecule has 0 spiro atoms. The summed E-state index contributed by atoms with van der Waals surface area (Å²) < 4.78 is 18.1. The zero-order valence-electron chi connectivity index (χ0n) is 15.7. The van der Waals surface area contributed by atoms with Crippen molar-refractivity contribution in [3.8, 4) is 11.5 Å². The Morgan fingerprint density at radius 1 is 1.23 bits per heavy atom. The number of rotatable bonds is 5. The molecule has 1 aromatic heterocycles. The van der Waals surface area contributed by atoms with E-state index in [4.69, 9.17) is 14.2 Å². The van der Waals surface area contributed by atoms with Gasteiger partial charge >= 0.3 is 5.97 Å². The molecule has 1 aliphatic rings. The highest BCUT2D eigenvalue weighted by Crippen LogP contribution is 2.37. The lowest BCUT2D eigenvalue weighted by Gasteiger charge is -2.05. The van der Waals surface area contributed by atoms with Gasteiger partial charge in [-0.25, -0.2) is 0 Å². The van der Waals surface area contributed by atoms with E-state index in [-0.39, 0.29) is 36.0 Å². The lowest BCUT2D eigenvalue weighted by atomic mass is 10.2. The average Bonchev–Trinajstić information content (AvgIpc) is 3.30. The second-order valence-electron chi connectivity index (χ2n) is 6.17. The van der Waals surface area contributed by atoms with Crippen molar-refractivity contribution in [1.82, 2.24) is 4.57 Å². The van der Waals surface area contributed by atoms with E-state index in [2.05, 4.69) is 4.99 Å². The number of carbonyl (C=O) groups is 2. The molecule has 0 bridgehead atoms. The first-order chi connectivity index (χ1) is 14.5. The van der Waals surface area contributed by atoms with Crippen molar-refractivity contribution in [1.29, 1.82) is 0 Å². The van der Waals surface area contributed by atoms with Crippen LogP contribution in [0.25, 0.3) is 10.2 Å². The van der Waals surface area contributed by atoms with Gasteiger partial charge in [0.15, 0.2) is 16.3 Å². The maximum Gasteiger partial charge on any atom is 0.326 e. The van der Waals surface area contributed by atoms with Crippen molar-refractivity contribution in [3.05, 3.63) is 56.9 Å². The topological polar surface area (TPSA) is 122 Å². The van der Waals surface area contributed by atoms with Gasteiger partial charge in [-0.2, -0.15) is 4.99 Å². The number of nitrogens with zero attached hydrogens (tertiary/aromatic N) is 3. The van der Waals surface area contributed by atoms with Gasteiger partial charge in [-0.1, -0.05) is 11.3 Å². The van der Waals surface area contributed by atoms with Crippen molar-refractivity contribution < 1.29 is 28.7 Å². The van der Waals surface area contributed by atoms with Crippen LogP contribution in [0, 0.1) is 10.1 Å². The quantitative estimate of drug-likeness (QED) is 0.347. The second kappa shape index (κ2) is 7.95. The van der Waals surface area contributed by atoms with Crippen LogP contribution in [0.2, 0.25) is 0 Å². The van der Waals surface area contributed by atoms with Crippen molar-refractivity contribution in [3.63, 3.8) is 0 Å². The molecular formula is C19H15N3O7S. The Labute approximate surface area is 173 Å². The van der Waals surface area contributed by atoms with E-state index >= 15 is 0 Å². The molecule has 10 nitrogen and oxygen atoms in total. The summed E-state index contributed by atoms with van der Waals surface area (Å²) >= 11 is 1.20. The van der Waals surface area contributed by atoms with Crippen molar-refractivity contribution in [2.24, 2.45) is 4.99 Å². The minimum atomic E-state index is -0.589. The van der Waals surface area contributed by atoms with Gasteiger partial charge in [-0.15, -0.1) is 0 Å². The zero-order chi connectivity index (χ0) is 21.3. The number of aromatic nitrogens is 1. The van der Waals surface area contributed by atoms with Crippen LogP contribution in [-0.2, 0) is 16.1 Å². The molecule has 1 amide bonds. The highest BCUT2D eigenvalue weighted by atomic mass is 32.1. The van der Waals surface area contributed by atoms with Crippen LogP contribution in [0.3, 0.4) is 0 Å². The molecule has 2 aromatic carbocycles. The highest BCUT2D eigenvalue weighted by Gasteiger charge is 2.19. The van der Waals surface area contributed by atoms with Gasteiger partial charge in [-0.3, -0.25) is 19.7 Å². The standard InChI is InChI=1S/C19H15N3O7S/c1-2-27-17(23)9-21-13-7-14-15(29-10-28-14)8-16(13)30-19(21)20-18(24)11-3-5-12(6-4-11)22(25)26/h3-8H,2,9-10H2,1H3. The number of ether oxygens (including phenoxy) is 3. The number of esters is 1. The third kappa shape index (κ3) is 3.74. The van der Waals surface area contributed by atoms with Crippen LogP contribution in [0.1, 0.15) is 17.3 Å². The summed E-state index contributed by atoms with van der Waals surface area (Å²) in [5.74, 6) is 0.0413. The third-order valence-electron chi connectivity index (χ3n) is 4.29. The first kappa shape index (κ1) is 19.6. The molecule has 3 aromatic rings. The minimum absolute atomic E-state index is 0.111. The van der Waals surface area contributed by atoms with Crippen molar-refractivity contribution in [2.75, 3.05) is 13.4 Å². The van der Waals surface area contributed by atoms with Gasteiger partial charge < -0.3 is 18.8 Å². The summed E-state index contributed by atoms with van der Waals surface area (Å²) in [5.41, 5.74) is 0.711. The lowest BCUT2D eigenvalue weighted by molar-refractivity contribution is -0.384. The summed E-state index contributed by atoms with van der Waals surface area (Å²) in [5, 5.41) is 10.8. The van der Waals surface area contributed by atoms with Gasteiger partial charge in [0.05, 0.1) is 21.7 Å². The molecule has 0 saturated carbocycles. The number of nitro benzene ring substituents is 1. The molecule has 30 heavy (non-hydrogen) atoms. The minimum Gasteiger partial charge on any atom is -0.465 e. The molecule has 4 rings (SSSR count). The Kier molecular flexibility index (Phi) is 5.19. The Balaban J connectivity index is 1.78. The molecule has 2 heterocycles. The average molecular weight is 429 g/mol. The number of fused-ring (bicyclic) bond motifs is 2. The first-order valence-electron chi connectivity index (χ1n) is 8.88. The first-order valence-corrected chi connectivity index (χ1v) is 9.70. The largest absolute Gasteiger partial charge is 0.465 e. The van der Waals surface area contributed by atoms with Gasteiger partial charge in [0, 0.05) is 29.8 Å². The van der Waals surface area contributed by atoms with E-state index in [1.807, 2.05) is 0 Å². The Hall–Kier alpha value is -3.73. The van der Waals surface area contributed by atoms with Crippen LogP contribution >= 0.6 is 11.3 Å². The summed E-state index contributed by atoms with van der Waals surface area (Å²) in [6.45, 7) is 1.90. The number of hydrogen-bond acceptors (Lipinski definition) is 8. The summed E-state index contributed by atoms with van der Waals surface area (Å²) in [6, 6.07) is 8.63. The highest BCUT2D eigenvalue weighted by molar-refractivity contribution is 7.16. The van der Waals surface area contributed by atoms with Gasteiger partial charge in [0.1, 0.15) is 6.54 Å². The lowest BCUT2D eigenvalue weighted by Crippen LogP contribution is -2.23. The summed E-state index contributed by atoms with van der Waals surface area (Å²) in [6.07, 6.45) is 0. The van der Waals surface area contributed by atoms with Crippen molar-refractivity contribution >= 4 is 39.1 Å². The molecule has 11 heteroatoms. The predicted molar refractivity (Wildman–Crippen MR) is 106 cm³/mol. The summed E-state index contributed by atoms with van der Waals surface area (Å²) in [4.78, 5) is 39.4. The summed E-state index contributed by atoms with van der Waals surface area (Å²) in [7, 11) is 0. The van der Waals surface area contributed by atoms with Crippen LogP contribution in [0.4, 0.5) is 5.69 Å². The molecule has 154 valence electrons. The third-order valence-corrected chi connectivity index (χ3v) is 5.33. The number of hydrogen-bond donors (Lipinski definition) is 0. The Morgan fingerprint density at radius 3 is 2.60 bits per heavy atom. The number of nitro groups is 1. The Morgan fingerprint density at radius 2 is 1.93 bits per heavy atom. The normalized spacial score (nSPS) is 12.9. The van der Waals surface area contributed by atoms with Crippen LogP contribution in [0.15, 0.2) is 41.4 Å². The fourth-order valence-corrected chi connectivity index (χ4v) is 3.95. The smallest absolute Gasteiger partial charge is 0.326 e. The van der Waals surface area contributed by atoms with E-state index in [9.17, 15) is 19.7 Å². The fraction of sp³-hybridized carbons (Fsp3) is 0.211.